The highest BCUT2D eigenvalue weighted by Gasteiger charge is 2.32. The molecule has 0 aliphatic heterocycles. The number of fused-ring (bicyclic) bond motifs is 2. The van der Waals surface area contributed by atoms with E-state index in [2.05, 4.69) is 50.0 Å². The molecule has 0 radical (unpaired) electrons. The molecule has 2 bridgehead atoms. The third-order valence-electron chi connectivity index (χ3n) is 3.00. The number of hydrogen-bond donors (Lipinski definition) is 0. The van der Waals surface area contributed by atoms with Gasteiger partial charge in [0.15, 0.2) is 0 Å². The van der Waals surface area contributed by atoms with E-state index in [9.17, 15) is 0 Å². The van der Waals surface area contributed by atoms with Crippen molar-refractivity contribution >= 4 is 8.07 Å². The third kappa shape index (κ3) is 1.71. The van der Waals surface area contributed by atoms with E-state index < -0.39 is 8.07 Å². The molecule has 13 heavy (non-hydrogen) atoms. The summed E-state index contributed by atoms with van der Waals surface area (Å²) in [7, 11) is -1.06. The molecular formula is C12H18Si. The molecule has 1 heteroatoms. The van der Waals surface area contributed by atoms with Crippen LogP contribution in [0.4, 0.5) is 0 Å². The van der Waals surface area contributed by atoms with E-state index in [1.165, 1.54) is 6.42 Å². The van der Waals surface area contributed by atoms with Gasteiger partial charge in [0.05, 0.1) is 8.07 Å². The molecule has 0 amide bonds. The minimum absolute atomic E-state index is 0.724. The van der Waals surface area contributed by atoms with Gasteiger partial charge in [-0.15, -0.1) is 0 Å². The summed E-state index contributed by atoms with van der Waals surface area (Å²) < 4.78 is 0. The van der Waals surface area contributed by atoms with Crippen molar-refractivity contribution in [3.8, 4) is 0 Å². The molecule has 2 rings (SSSR count). The van der Waals surface area contributed by atoms with Gasteiger partial charge in [0.1, 0.15) is 0 Å². The highest BCUT2D eigenvalue weighted by Crippen LogP contribution is 2.38. The lowest BCUT2D eigenvalue weighted by Gasteiger charge is -2.22. The van der Waals surface area contributed by atoms with Crippen molar-refractivity contribution in [3.63, 3.8) is 0 Å². The monoisotopic (exact) mass is 190 g/mol. The van der Waals surface area contributed by atoms with E-state index in [1.807, 2.05) is 0 Å². The van der Waals surface area contributed by atoms with E-state index >= 15 is 0 Å². The third-order valence-corrected chi connectivity index (χ3v) is 5.27. The molecule has 0 saturated heterocycles. The van der Waals surface area contributed by atoms with Crippen LogP contribution in [0, 0.1) is 11.8 Å². The predicted octanol–water partition coefficient (Wildman–Crippen LogP) is 3.55. The fraction of sp³-hybridized carbons (Fsp3) is 0.500. The Morgan fingerprint density at radius 3 is 2.54 bits per heavy atom. The second-order valence-electron chi connectivity index (χ2n) is 5.15. The molecule has 70 valence electrons. The normalized spacial score (nSPS) is 31.8. The van der Waals surface area contributed by atoms with Crippen molar-refractivity contribution in [1.29, 1.82) is 0 Å². The zero-order valence-electron chi connectivity index (χ0n) is 8.75. The van der Waals surface area contributed by atoms with Crippen LogP contribution < -0.4 is 0 Å². The highest BCUT2D eigenvalue weighted by molar-refractivity contribution is 6.83. The van der Waals surface area contributed by atoms with Gasteiger partial charge in [0, 0.05) is 0 Å². The molecule has 2 unspecified atom stereocenters. The van der Waals surface area contributed by atoms with Crippen LogP contribution in [0.15, 0.2) is 35.6 Å². The molecule has 0 saturated carbocycles. The van der Waals surface area contributed by atoms with Gasteiger partial charge in [0.25, 0.3) is 0 Å². The number of rotatable bonds is 1. The van der Waals surface area contributed by atoms with E-state index in [1.54, 1.807) is 5.20 Å². The van der Waals surface area contributed by atoms with Crippen LogP contribution in [-0.2, 0) is 0 Å². The van der Waals surface area contributed by atoms with Crippen LogP contribution in [0.5, 0.6) is 0 Å². The zero-order chi connectivity index (χ0) is 9.47. The molecule has 0 nitrogen and oxygen atoms in total. The Balaban J connectivity index is 2.33. The molecule has 0 fully saturated rings. The predicted molar refractivity (Wildman–Crippen MR) is 61.3 cm³/mol. The van der Waals surface area contributed by atoms with Crippen LogP contribution >= 0.6 is 0 Å². The SMILES string of the molecule is C[Si](C)(C)C1=CC2C=CC=CC1C2. The quantitative estimate of drug-likeness (QED) is 0.555. The number of allylic oxidation sites excluding steroid dienone is 6. The van der Waals surface area contributed by atoms with Gasteiger partial charge in [-0.25, -0.2) is 0 Å². The van der Waals surface area contributed by atoms with Crippen LogP contribution in [0.1, 0.15) is 6.42 Å². The van der Waals surface area contributed by atoms with Crippen molar-refractivity contribution < 1.29 is 0 Å². The van der Waals surface area contributed by atoms with Gasteiger partial charge < -0.3 is 0 Å². The van der Waals surface area contributed by atoms with Gasteiger partial charge in [0.2, 0.25) is 0 Å². The first kappa shape index (κ1) is 9.01. The Hall–Kier alpha value is -0.563. The van der Waals surface area contributed by atoms with E-state index in [0.29, 0.717) is 0 Å². The van der Waals surface area contributed by atoms with Crippen LogP contribution in [-0.4, -0.2) is 8.07 Å². The van der Waals surface area contributed by atoms with E-state index in [4.69, 9.17) is 0 Å². The minimum atomic E-state index is -1.06. The van der Waals surface area contributed by atoms with Crippen molar-refractivity contribution in [3.05, 3.63) is 35.6 Å². The van der Waals surface area contributed by atoms with Crippen molar-refractivity contribution in [2.45, 2.75) is 26.1 Å². The summed E-state index contributed by atoms with van der Waals surface area (Å²) in [5.41, 5.74) is 0. The Morgan fingerprint density at radius 1 is 1.15 bits per heavy atom. The average molecular weight is 190 g/mol. The summed E-state index contributed by atoms with van der Waals surface area (Å²) in [6, 6.07) is 0. The smallest absolute Gasteiger partial charge is 0.0728 e. The van der Waals surface area contributed by atoms with Gasteiger partial charge in [-0.05, 0) is 18.3 Å². The molecule has 0 aromatic rings. The summed E-state index contributed by atoms with van der Waals surface area (Å²) in [6.07, 6.45) is 13.0. The average Bonchev–Trinajstić information content (AvgIpc) is 2.22. The Bertz CT molecular complexity index is 289. The molecule has 2 aliphatic carbocycles. The largest absolute Gasteiger partial charge is 0.0816 e. The first-order valence-electron chi connectivity index (χ1n) is 5.14. The topological polar surface area (TPSA) is 0 Å². The first-order chi connectivity index (χ1) is 6.07. The lowest BCUT2D eigenvalue weighted by atomic mass is 10.1. The summed E-state index contributed by atoms with van der Waals surface area (Å²) in [5.74, 6) is 1.48. The van der Waals surface area contributed by atoms with Crippen molar-refractivity contribution in [2.24, 2.45) is 11.8 Å². The molecule has 0 spiro atoms. The fourth-order valence-corrected chi connectivity index (χ4v) is 4.41. The van der Waals surface area contributed by atoms with E-state index in [0.717, 1.165) is 11.8 Å². The summed E-state index contributed by atoms with van der Waals surface area (Å²) in [4.78, 5) is 0. The fourth-order valence-electron chi connectivity index (χ4n) is 2.37. The molecule has 2 atom stereocenters. The Morgan fingerprint density at radius 2 is 1.85 bits per heavy atom. The van der Waals surface area contributed by atoms with Crippen molar-refractivity contribution in [1.82, 2.24) is 0 Å². The first-order valence-corrected chi connectivity index (χ1v) is 8.64. The van der Waals surface area contributed by atoms with Crippen LogP contribution in [0.25, 0.3) is 0 Å². The van der Waals surface area contributed by atoms with Crippen molar-refractivity contribution in [2.75, 3.05) is 0 Å². The van der Waals surface area contributed by atoms with E-state index in [-0.39, 0.29) is 0 Å². The maximum Gasteiger partial charge on any atom is 0.0728 e. The molecule has 0 N–H and O–H groups in total. The highest BCUT2D eigenvalue weighted by atomic mass is 28.3. The lowest BCUT2D eigenvalue weighted by Crippen LogP contribution is -2.26. The maximum atomic E-state index is 2.52. The standard InChI is InChI=1S/C12H18Si/c1-13(2,3)12-9-10-6-4-5-7-11(12)8-10/h4-7,9-11H,8H2,1-3H3. The lowest BCUT2D eigenvalue weighted by molar-refractivity contribution is 0.676. The molecule has 0 heterocycles. The molecule has 0 aromatic heterocycles. The number of hydrogen-bond acceptors (Lipinski definition) is 0. The Labute approximate surface area is 82.1 Å². The van der Waals surface area contributed by atoms with Gasteiger partial charge in [-0.3, -0.25) is 0 Å². The minimum Gasteiger partial charge on any atom is -0.0816 e. The second-order valence-corrected chi connectivity index (χ2v) is 10.2. The maximum absolute atomic E-state index is 2.52. The summed E-state index contributed by atoms with van der Waals surface area (Å²) >= 11 is 0. The van der Waals surface area contributed by atoms with Gasteiger partial charge in [-0.2, -0.15) is 0 Å². The Kier molecular flexibility index (Phi) is 2.07. The van der Waals surface area contributed by atoms with Gasteiger partial charge >= 0.3 is 0 Å². The molecule has 2 aliphatic rings. The van der Waals surface area contributed by atoms with Crippen LogP contribution in [0.3, 0.4) is 0 Å². The summed E-state index contributed by atoms with van der Waals surface area (Å²) in [6.45, 7) is 7.36. The second kappa shape index (κ2) is 2.98. The zero-order valence-corrected chi connectivity index (χ0v) is 9.75. The summed E-state index contributed by atoms with van der Waals surface area (Å²) in [5, 5.41) is 1.76. The van der Waals surface area contributed by atoms with Crippen LogP contribution in [0.2, 0.25) is 19.6 Å². The molecule has 0 aromatic carbocycles. The van der Waals surface area contributed by atoms with Gasteiger partial charge in [-0.1, -0.05) is 55.2 Å². The molecular weight excluding hydrogens is 172 g/mol.